The number of aromatic nitrogens is 1. The summed E-state index contributed by atoms with van der Waals surface area (Å²) in [4.78, 5) is 34.5. The number of nitrogens with one attached hydrogen (secondary N) is 1. The number of fused-ring (bicyclic) bond motifs is 8. The summed E-state index contributed by atoms with van der Waals surface area (Å²) in [6.45, 7) is 2.89. The molecule has 2 amide bonds. The Morgan fingerprint density at radius 3 is 2.97 bits per heavy atom. The van der Waals surface area contributed by atoms with Crippen LogP contribution in [0.25, 0.3) is 0 Å². The highest BCUT2D eigenvalue weighted by molar-refractivity contribution is 5.84. The summed E-state index contributed by atoms with van der Waals surface area (Å²) in [5.41, 5.74) is 2.28. The third-order valence-electron chi connectivity index (χ3n) is 8.06. The molecule has 1 aromatic heterocycles. The highest BCUT2D eigenvalue weighted by Gasteiger charge is 2.44. The fraction of sp³-hybridized carbons (Fsp3) is 0.552. The van der Waals surface area contributed by atoms with Crippen LogP contribution in [0.15, 0.2) is 42.7 Å². The van der Waals surface area contributed by atoms with Crippen molar-refractivity contribution < 1.29 is 19.1 Å². The fourth-order valence-electron chi connectivity index (χ4n) is 6.16. The third kappa shape index (κ3) is 6.06. The lowest BCUT2D eigenvalue weighted by molar-refractivity contribution is -0.136. The van der Waals surface area contributed by atoms with Gasteiger partial charge in [-0.05, 0) is 80.3 Å². The highest BCUT2D eigenvalue weighted by atomic mass is 16.5. The van der Waals surface area contributed by atoms with E-state index in [-0.39, 0.29) is 18.4 Å². The summed E-state index contributed by atoms with van der Waals surface area (Å²) in [7, 11) is 1.67. The normalized spacial score (nSPS) is 24.7. The van der Waals surface area contributed by atoms with Crippen LogP contribution >= 0.6 is 0 Å². The van der Waals surface area contributed by atoms with E-state index in [1.807, 2.05) is 18.2 Å². The lowest BCUT2D eigenvalue weighted by atomic mass is 9.94. The number of amides is 2. The van der Waals surface area contributed by atoms with E-state index in [0.717, 1.165) is 49.3 Å². The molecule has 1 N–H and O–H groups in total. The quantitative estimate of drug-likeness (QED) is 0.685. The van der Waals surface area contributed by atoms with Gasteiger partial charge in [0.05, 0.1) is 20.3 Å². The minimum Gasteiger partial charge on any atom is -0.493 e. The second-order valence-electron chi connectivity index (χ2n) is 10.4. The molecule has 0 spiro atoms. The van der Waals surface area contributed by atoms with Gasteiger partial charge in [0.1, 0.15) is 0 Å². The number of hydrogen-bond acceptors (Lipinski definition) is 6. The molecular formula is C29H38N4O4. The Hall–Kier alpha value is -3.13. The number of hydrogen-bond donors (Lipinski definition) is 1. The maximum absolute atomic E-state index is 13.1. The van der Waals surface area contributed by atoms with Gasteiger partial charge in [0.25, 0.3) is 0 Å². The van der Waals surface area contributed by atoms with E-state index >= 15 is 0 Å². The molecule has 2 saturated heterocycles. The van der Waals surface area contributed by atoms with Crippen molar-refractivity contribution in [2.75, 3.05) is 39.9 Å². The molecular weight excluding hydrogens is 468 g/mol. The summed E-state index contributed by atoms with van der Waals surface area (Å²) in [6, 6.07) is 11.0. The number of methoxy groups -OCH3 is 1. The van der Waals surface area contributed by atoms with Crippen molar-refractivity contribution >= 4 is 11.8 Å². The minimum atomic E-state index is -0.0715. The van der Waals surface area contributed by atoms with Crippen LogP contribution in [0.2, 0.25) is 0 Å². The van der Waals surface area contributed by atoms with Crippen LogP contribution in [0.4, 0.5) is 0 Å². The van der Waals surface area contributed by atoms with E-state index < -0.39 is 0 Å². The molecule has 0 unspecified atom stereocenters. The van der Waals surface area contributed by atoms with Crippen LogP contribution in [-0.4, -0.2) is 72.5 Å². The Labute approximate surface area is 219 Å². The van der Waals surface area contributed by atoms with E-state index in [9.17, 15) is 9.59 Å². The van der Waals surface area contributed by atoms with Gasteiger partial charge < -0.3 is 19.7 Å². The van der Waals surface area contributed by atoms with Crippen LogP contribution in [0.5, 0.6) is 11.5 Å². The molecule has 4 heterocycles. The summed E-state index contributed by atoms with van der Waals surface area (Å²) in [5.74, 6) is 1.85. The van der Waals surface area contributed by atoms with Crippen molar-refractivity contribution in [1.29, 1.82) is 0 Å². The van der Waals surface area contributed by atoms with Crippen molar-refractivity contribution in [3.8, 4) is 11.5 Å². The van der Waals surface area contributed by atoms with Gasteiger partial charge in [0, 0.05) is 44.0 Å². The average molecular weight is 507 g/mol. The number of rotatable bonds is 4. The van der Waals surface area contributed by atoms with E-state index in [4.69, 9.17) is 9.47 Å². The number of benzene rings is 1. The smallest absolute Gasteiger partial charge is 0.239 e. The van der Waals surface area contributed by atoms with E-state index in [2.05, 4.69) is 27.3 Å². The molecule has 8 nitrogen and oxygen atoms in total. The van der Waals surface area contributed by atoms with Crippen molar-refractivity contribution in [2.45, 2.75) is 57.0 Å². The van der Waals surface area contributed by atoms with Gasteiger partial charge in [-0.3, -0.25) is 19.5 Å². The molecule has 0 radical (unpaired) electrons. The van der Waals surface area contributed by atoms with Gasteiger partial charge in [-0.15, -0.1) is 0 Å². The number of carbonyl (C=O) groups is 2. The van der Waals surface area contributed by atoms with Gasteiger partial charge in [0.2, 0.25) is 11.8 Å². The van der Waals surface area contributed by atoms with Gasteiger partial charge in [-0.25, -0.2) is 0 Å². The van der Waals surface area contributed by atoms with Crippen molar-refractivity contribution in [3.63, 3.8) is 0 Å². The summed E-state index contributed by atoms with van der Waals surface area (Å²) < 4.78 is 11.8. The van der Waals surface area contributed by atoms with Crippen LogP contribution in [0, 0.1) is 5.92 Å². The summed E-state index contributed by atoms with van der Waals surface area (Å²) >= 11 is 0. The zero-order valence-electron chi connectivity index (χ0n) is 21.7. The SMILES string of the molecule is COc1ccc2cc1OCCCCN(C(=O)CCc1cccnc1)CC(=O)NC[C@H]1C[C@H]2N2CCC[C@@H]12. The molecule has 1 aromatic carbocycles. The van der Waals surface area contributed by atoms with Crippen LogP contribution in [0.1, 0.15) is 55.7 Å². The zero-order valence-corrected chi connectivity index (χ0v) is 21.7. The van der Waals surface area contributed by atoms with Gasteiger partial charge in [-0.1, -0.05) is 12.1 Å². The standard InChI is InChI=1S/C29H38N4O4/c1-36-26-10-9-22-17-27(26)37-15-3-2-13-32(29(35)11-8-21-6-4-12-30-18-21)20-28(34)31-19-23-16-25(22)33-14-5-7-24(23)33/h4,6,9-10,12,17-18,23-25H,2-3,5,7-8,11,13-16,19-20H2,1H3,(H,31,34)/t23-,24+,25-/m1/s1. The Morgan fingerprint density at radius 1 is 1.22 bits per heavy atom. The Kier molecular flexibility index (Phi) is 8.24. The van der Waals surface area contributed by atoms with Gasteiger partial charge in [-0.2, -0.15) is 0 Å². The zero-order chi connectivity index (χ0) is 25.6. The maximum Gasteiger partial charge on any atom is 0.239 e. The molecule has 0 saturated carbocycles. The van der Waals surface area contributed by atoms with E-state index in [0.29, 0.717) is 50.5 Å². The van der Waals surface area contributed by atoms with E-state index in [1.165, 1.54) is 12.0 Å². The lowest BCUT2D eigenvalue weighted by Crippen LogP contribution is -2.43. The Morgan fingerprint density at radius 2 is 2.14 bits per heavy atom. The minimum absolute atomic E-state index is 0.00157. The predicted molar refractivity (Wildman–Crippen MR) is 140 cm³/mol. The monoisotopic (exact) mass is 506 g/mol. The maximum atomic E-state index is 13.1. The molecule has 198 valence electrons. The fourth-order valence-corrected chi connectivity index (χ4v) is 6.16. The molecule has 2 fully saturated rings. The highest BCUT2D eigenvalue weighted by Crippen LogP contribution is 2.46. The first kappa shape index (κ1) is 25.5. The lowest BCUT2D eigenvalue weighted by Gasteiger charge is -2.25. The van der Waals surface area contributed by atoms with Crippen LogP contribution in [0.3, 0.4) is 0 Å². The third-order valence-corrected chi connectivity index (χ3v) is 8.06. The molecule has 3 aliphatic heterocycles. The molecule has 5 rings (SSSR count). The molecule has 3 atom stereocenters. The molecule has 37 heavy (non-hydrogen) atoms. The number of aryl methyl sites for hydroxylation is 1. The largest absolute Gasteiger partial charge is 0.493 e. The Balaban J connectivity index is 1.31. The first-order valence-electron chi connectivity index (χ1n) is 13.6. The number of pyridine rings is 1. The van der Waals surface area contributed by atoms with Gasteiger partial charge >= 0.3 is 0 Å². The molecule has 3 aliphatic rings. The first-order valence-corrected chi connectivity index (χ1v) is 13.6. The van der Waals surface area contributed by atoms with Gasteiger partial charge in [0.15, 0.2) is 11.5 Å². The average Bonchev–Trinajstić information content (AvgIpc) is 3.53. The van der Waals surface area contributed by atoms with Crippen LogP contribution in [-0.2, 0) is 16.0 Å². The summed E-state index contributed by atoms with van der Waals surface area (Å²) in [5, 5.41) is 3.17. The molecule has 0 aliphatic carbocycles. The molecule has 8 heteroatoms. The van der Waals surface area contributed by atoms with E-state index in [1.54, 1.807) is 24.4 Å². The number of carbonyl (C=O) groups excluding carboxylic acids is 2. The predicted octanol–water partition coefficient (Wildman–Crippen LogP) is 3.37. The number of nitrogens with zero attached hydrogens (tertiary/aromatic N) is 3. The summed E-state index contributed by atoms with van der Waals surface area (Å²) in [6.07, 6.45) is 9.38. The van der Waals surface area contributed by atoms with Crippen molar-refractivity contribution in [2.24, 2.45) is 5.92 Å². The first-order chi connectivity index (χ1) is 18.1. The van der Waals surface area contributed by atoms with Crippen molar-refractivity contribution in [3.05, 3.63) is 53.9 Å². The molecule has 4 bridgehead atoms. The second-order valence-corrected chi connectivity index (χ2v) is 10.4. The topological polar surface area (TPSA) is 84.0 Å². The number of ether oxygens (including phenoxy) is 2. The van der Waals surface area contributed by atoms with Crippen LogP contribution < -0.4 is 14.8 Å². The second kappa shape index (κ2) is 11.9. The van der Waals surface area contributed by atoms with Crippen molar-refractivity contribution in [1.82, 2.24) is 20.1 Å². The molecule has 2 aromatic rings. The Bertz CT molecular complexity index is 1080.